The topological polar surface area (TPSA) is 0 Å². The van der Waals surface area contributed by atoms with Crippen molar-refractivity contribution in [3.05, 3.63) is 59.6 Å². The van der Waals surface area contributed by atoms with Gasteiger partial charge in [0.15, 0.2) is 0 Å². The van der Waals surface area contributed by atoms with Crippen LogP contribution >= 0.6 is 11.6 Å². The van der Waals surface area contributed by atoms with Crippen molar-refractivity contribution in [2.75, 3.05) is 0 Å². The fourth-order valence-corrected chi connectivity index (χ4v) is 3.72. The molecule has 0 unspecified atom stereocenters. The number of fused-ring (bicyclic) bond motifs is 1. The van der Waals surface area contributed by atoms with Crippen LogP contribution in [0.15, 0.2) is 54.6 Å². The summed E-state index contributed by atoms with van der Waals surface area (Å²) < 4.78 is 0. The number of hydrogen-bond acceptors (Lipinski definition) is 0. The molecule has 5 rings (SSSR count). The molecule has 88 valence electrons. The first-order valence-corrected chi connectivity index (χ1v) is 6.79. The van der Waals surface area contributed by atoms with Gasteiger partial charge in [0.05, 0.1) is 0 Å². The van der Waals surface area contributed by atoms with Crippen molar-refractivity contribution in [3.8, 4) is 11.1 Å². The highest BCUT2D eigenvalue weighted by molar-refractivity contribution is 6.41. The van der Waals surface area contributed by atoms with Gasteiger partial charge < -0.3 is 0 Å². The van der Waals surface area contributed by atoms with E-state index in [9.17, 15) is 0 Å². The average molecular weight is 261 g/mol. The first-order chi connectivity index (χ1) is 9.34. The fraction of sp³-hybridized carbons (Fsp3) is 0. The van der Waals surface area contributed by atoms with Crippen LogP contribution in [0.3, 0.4) is 0 Å². The van der Waals surface area contributed by atoms with Gasteiger partial charge in [-0.3, -0.25) is 0 Å². The van der Waals surface area contributed by atoms with Gasteiger partial charge in [0.25, 0.3) is 0 Å². The van der Waals surface area contributed by atoms with E-state index in [0.29, 0.717) is 0 Å². The Bertz CT molecular complexity index is 1010. The number of rotatable bonds is 0. The Morgan fingerprint density at radius 3 is 2.00 bits per heavy atom. The lowest BCUT2D eigenvalue weighted by Gasteiger charge is -2.04. The third-order valence-electron chi connectivity index (χ3n) is 4.23. The lowest BCUT2D eigenvalue weighted by Crippen LogP contribution is -1.77. The molecule has 0 N–H and O–H groups in total. The Morgan fingerprint density at radius 1 is 0.579 bits per heavy atom. The van der Waals surface area contributed by atoms with Crippen molar-refractivity contribution in [1.29, 1.82) is 0 Å². The molecule has 1 aliphatic carbocycles. The molecule has 0 nitrogen and oxygen atoms in total. The summed E-state index contributed by atoms with van der Waals surface area (Å²) in [5.74, 6) is 0. The second-order valence-corrected chi connectivity index (χ2v) is 5.56. The van der Waals surface area contributed by atoms with E-state index in [1.54, 1.807) is 0 Å². The third kappa shape index (κ3) is 1.03. The van der Waals surface area contributed by atoms with Crippen molar-refractivity contribution in [3.63, 3.8) is 0 Å². The van der Waals surface area contributed by atoms with Crippen molar-refractivity contribution in [1.82, 2.24) is 0 Å². The maximum Gasteiger partial charge on any atom is 0.0491 e. The number of hydrogen-bond donors (Lipinski definition) is 0. The van der Waals surface area contributed by atoms with Crippen LogP contribution in [-0.4, -0.2) is 0 Å². The molecule has 0 aromatic heterocycles. The van der Waals surface area contributed by atoms with Crippen LogP contribution in [0, 0.1) is 0 Å². The van der Waals surface area contributed by atoms with E-state index < -0.39 is 0 Å². The predicted molar refractivity (Wildman–Crippen MR) is 83.0 cm³/mol. The van der Waals surface area contributed by atoms with E-state index in [2.05, 4.69) is 48.5 Å². The third-order valence-corrected chi connectivity index (χ3v) is 4.54. The monoisotopic (exact) mass is 260 g/mol. The zero-order valence-electron chi connectivity index (χ0n) is 10.1. The first-order valence-electron chi connectivity index (χ1n) is 6.42. The lowest BCUT2D eigenvalue weighted by atomic mass is 10.0. The smallest absolute Gasteiger partial charge is 0.0491 e. The minimum atomic E-state index is 0.851. The van der Waals surface area contributed by atoms with Gasteiger partial charge >= 0.3 is 0 Å². The second kappa shape index (κ2) is 3.09. The van der Waals surface area contributed by atoms with Gasteiger partial charge in [-0.1, -0.05) is 60.1 Å². The number of halogens is 1. The van der Waals surface area contributed by atoms with Gasteiger partial charge in [-0.2, -0.15) is 0 Å². The molecule has 0 saturated heterocycles. The standard InChI is InChI=1S/C18H9Cl/c19-14-9-8-12-7-6-11-5-4-10-2-1-3-13-15(10)16(11)17(12)18(13)14/h1-9H. The molecule has 0 radical (unpaired) electrons. The summed E-state index contributed by atoms with van der Waals surface area (Å²) >= 11 is 6.47. The van der Waals surface area contributed by atoms with Crippen molar-refractivity contribution >= 4 is 43.9 Å². The van der Waals surface area contributed by atoms with Crippen LogP contribution in [0.4, 0.5) is 0 Å². The molecule has 1 heteroatoms. The Hall–Kier alpha value is -2.05. The summed E-state index contributed by atoms with van der Waals surface area (Å²) in [6, 6.07) is 19.4. The molecule has 0 atom stereocenters. The maximum atomic E-state index is 6.47. The minimum Gasteiger partial charge on any atom is -0.0836 e. The highest BCUT2D eigenvalue weighted by Gasteiger charge is 2.21. The highest BCUT2D eigenvalue weighted by atomic mass is 35.5. The molecule has 0 saturated carbocycles. The van der Waals surface area contributed by atoms with Gasteiger partial charge in [-0.25, -0.2) is 0 Å². The fourth-order valence-electron chi connectivity index (χ4n) is 3.46. The molecule has 1 aliphatic rings. The molecule has 0 amide bonds. The lowest BCUT2D eigenvalue weighted by molar-refractivity contribution is 1.76. The van der Waals surface area contributed by atoms with Crippen LogP contribution < -0.4 is 0 Å². The van der Waals surface area contributed by atoms with E-state index in [0.717, 1.165) is 5.02 Å². The Morgan fingerprint density at radius 2 is 1.21 bits per heavy atom. The van der Waals surface area contributed by atoms with Crippen molar-refractivity contribution in [2.24, 2.45) is 0 Å². The summed E-state index contributed by atoms with van der Waals surface area (Å²) in [6.45, 7) is 0. The molecular formula is C18H9Cl. The molecule has 4 aromatic carbocycles. The molecule has 0 fully saturated rings. The average Bonchev–Trinajstić information content (AvgIpc) is 2.81. The molecule has 0 aliphatic heterocycles. The molecular weight excluding hydrogens is 252 g/mol. The Kier molecular flexibility index (Phi) is 1.60. The van der Waals surface area contributed by atoms with E-state index in [1.807, 2.05) is 6.07 Å². The predicted octanol–water partition coefficient (Wildman–Crippen LogP) is 5.78. The summed E-state index contributed by atoms with van der Waals surface area (Å²) in [4.78, 5) is 0. The second-order valence-electron chi connectivity index (χ2n) is 5.15. The Balaban J connectivity index is 2.29. The van der Waals surface area contributed by atoms with Gasteiger partial charge in [0.1, 0.15) is 0 Å². The maximum absolute atomic E-state index is 6.47. The first kappa shape index (κ1) is 9.82. The molecule has 4 aromatic rings. The van der Waals surface area contributed by atoms with Gasteiger partial charge in [-0.15, -0.1) is 0 Å². The van der Waals surface area contributed by atoms with E-state index in [1.165, 1.54) is 43.4 Å². The summed E-state index contributed by atoms with van der Waals surface area (Å²) in [5, 5.41) is 8.76. The summed E-state index contributed by atoms with van der Waals surface area (Å²) in [6.07, 6.45) is 0. The summed E-state index contributed by atoms with van der Waals surface area (Å²) in [5.41, 5.74) is 2.48. The van der Waals surface area contributed by atoms with Crippen LogP contribution in [0.5, 0.6) is 0 Å². The van der Waals surface area contributed by atoms with Crippen molar-refractivity contribution in [2.45, 2.75) is 0 Å². The molecule has 0 spiro atoms. The zero-order chi connectivity index (χ0) is 12.6. The number of benzene rings is 4. The Labute approximate surface area is 115 Å². The van der Waals surface area contributed by atoms with Crippen LogP contribution in [0.2, 0.25) is 5.02 Å². The van der Waals surface area contributed by atoms with Crippen molar-refractivity contribution < 1.29 is 0 Å². The zero-order valence-corrected chi connectivity index (χ0v) is 10.8. The van der Waals surface area contributed by atoms with Gasteiger partial charge in [0.2, 0.25) is 0 Å². The molecule has 19 heavy (non-hydrogen) atoms. The van der Waals surface area contributed by atoms with Crippen LogP contribution in [0.1, 0.15) is 0 Å². The largest absolute Gasteiger partial charge is 0.0836 e. The van der Waals surface area contributed by atoms with E-state index >= 15 is 0 Å². The van der Waals surface area contributed by atoms with Gasteiger partial charge in [0, 0.05) is 10.6 Å². The summed E-state index contributed by atoms with van der Waals surface area (Å²) in [7, 11) is 0. The van der Waals surface area contributed by atoms with E-state index in [-0.39, 0.29) is 0 Å². The van der Waals surface area contributed by atoms with Gasteiger partial charge in [-0.05, 0) is 43.9 Å². The normalized spacial score (nSPS) is 12.5. The molecule has 0 heterocycles. The quantitative estimate of drug-likeness (QED) is 0.310. The SMILES string of the molecule is Clc1ccc2ccc3ccc4cccc5c4c3c2c1-5. The highest BCUT2D eigenvalue weighted by Crippen LogP contribution is 2.49. The molecule has 0 bridgehead atoms. The van der Waals surface area contributed by atoms with Crippen LogP contribution in [0.25, 0.3) is 43.4 Å². The minimum absolute atomic E-state index is 0.851. The van der Waals surface area contributed by atoms with Crippen LogP contribution in [-0.2, 0) is 0 Å². The van der Waals surface area contributed by atoms with E-state index in [4.69, 9.17) is 11.6 Å².